The average molecular weight is 1550 g/mol. The van der Waals surface area contributed by atoms with E-state index in [4.69, 9.17) is 18.9 Å². The standard InChI is InChI=1S/C96H88N8O12/c1-5-69-73-45-77(89-81(85(73)105)49-101(53-113-89)65-37-29-61(30-38-65)97-93(109)57-21-13-9-14-22-57)70(6-2)75-47-79(91-83(87(75)107)51-103(55-115-91)67-41-33-63(34-42-67)99-95(111)59-25-17-11-18-26-59)72(8-4)80-48-76(88(108)84-52-104(56-116-92(80)84)68-43-35-64(36-44-68)100-96(112)60-27-19-12-20-28-60)71(7-3)78-46-74(69)86(106)82-50-102(54-114-90(78)82)66-39-31-62(32-40-66)98-94(110)58-23-15-10-16-24-58/h9-48,69-72,105-108H,5-8,49-56H2,1-4H3,(H,97,109)(H,98,110)(H,99,111)(H,100,112). The molecule has 12 aromatic rings. The Labute approximate surface area is 672 Å². The van der Waals surface area contributed by atoms with Crippen molar-refractivity contribution in [3.8, 4) is 46.0 Å². The third-order valence-corrected chi connectivity index (χ3v) is 23.2. The summed E-state index contributed by atoms with van der Waals surface area (Å²) >= 11 is 0. The lowest BCUT2D eigenvalue weighted by molar-refractivity contribution is 0.101. The number of phenolic OH excluding ortho intramolecular Hbond substituents is 4. The number of amides is 4. The Bertz CT molecular complexity index is 5370. The molecule has 4 heterocycles. The maximum atomic E-state index is 13.7. The van der Waals surface area contributed by atoms with Gasteiger partial charge in [0, 0.05) is 136 Å². The number of rotatable bonds is 16. The summed E-state index contributed by atoms with van der Waals surface area (Å²) < 4.78 is 28.5. The first-order valence-electron chi connectivity index (χ1n) is 39.5. The first-order chi connectivity index (χ1) is 56.6. The van der Waals surface area contributed by atoms with E-state index in [2.05, 4.69) is 54.2 Å². The smallest absolute Gasteiger partial charge is 0.255 e. The predicted octanol–water partition coefficient (Wildman–Crippen LogP) is 19.4. The molecule has 8 bridgehead atoms. The lowest BCUT2D eigenvalue weighted by Crippen LogP contribution is -2.34. The van der Waals surface area contributed by atoms with Crippen molar-refractivity contribution in [2.45, 2.75) is 103 Å². The van der Waals surface area contributed by atoms with Crippen LogP contribution < -0.4 is 59.8 Å². The fourth-order valence-corrected chi connectivity index (χ4v) is 17.2. The molecule has 0 saturated carbocycles. The van der Waals surface area contributed by atoms with Crippen molar-refractivity contribution in [1.82, 2.24) is 0 Å². The van der Waals surface area contributed by atoms with Gasteiger partial charge >= 0.3 is 0 Å². The highest BCUT2D eigenvalue weighted by atomic mass is 16.5. The first-order valence-corrected chi connectivity index (χ1v) is 39.5. The van der Waals surface area contributed by atoms with Crippen LogP contribution >= 0.6 is 0 Å². The molecule has 0 radical (unpaired) electrons. The molecule has 17 rings (SSSR count). The Morgan fingerprint density at radius 2 is 0.474 bits per heavy atom. The van der Waals surface area contributed by atoms with Crippen LogP contribution in [0.4, 0.5) is 45.5 Å². The minimum absolute atomic E-state index is 0.0143. The SMILES string of the molecule is CCC1c2cc(c3c(c2O)CN(c2ccc(NC(=O)c4ccccc4)cc2)CO3)C(CC)c2cc(c3c(c2O)CN(c2ccc(NC(=O)c4ccccc4)cc2)CO3)C(CC)c2cc(c(O)c3c2OCN(c2ccc(NC(=O)c4ccccc4)cc2)C3)C(CC)c2cc1c(O)c1c2OCN(c2ccc(NC(=O)c3ccccc3)cc2)C1. The van der Waals surface area contributed by atoms with E-state index in [0.717, 1.165) is 33.9 Å². The lowest BCUT2D eigenvalue weighted by Gasteiger charge is -2.39. The molecule has 4 aliphatic heterocycles. The van der Waals surface area contributed by atoms with Crippen LogP contribution in [0.1, 0.15) is 185 Å². The number of ether oxygens (including phenoxy) is 4. The summed E-state index contributed by atoms with van der Waals surface area (Å²) in [7, 11) is 0. The summed E-state index contributed by atoms with van der Waals surface area (Å²) in [5, 5.41) is 66.6. The monoisotopic (exact) mass is 1540 g/mol. The van der Waals surface area contributed by atoms with Gasteiger partial charge in [-0.05, 0) is 196 Å². The van der Waals surface area contributed by atoms with E-state index in [9.17, 15) is 39.6 Å². The molecule has 0 saturated heterocycles. The fraction of sp³-hybridized carbons (Fsp3) is 0.208. The zero-order valence-electron chi connectivity index (χ0n) is 64.7. The average Bonchev–Trinajstić information content (AvgIpc) is 0.727. The number of hydrogen-bond donors (Lipinski definition) is 8. The second-order valence-corrected chi connectivity index (χ2v) is 30.0. The number of nitrogens with zero attached hydrogens (tertiary/aromatic N) is 4. The van der Waals surface area contributed by atoms with Crippen molar-refractivity contribution >= 4 is 69.1 Å². The predicted molar refractivity (Wildman–Crippen MR) is 451 cm³/mol. The molecule has 4 amide bonds. The number of benzene rings is 12. The first kappa shape index (κ1) is 74.8. The van der Waals surface area contributed by atoms with Crippen molar-refractivity contribution in [3.05, 3.63) is 332 Å². The van der Waals surface area contributed by atoms with Crippen LogP contribution in [0.3, 0.4) is 0 Å². The second kappa shape index (κ2) is 31.9. The zero-order valence-corrected chi connectivity index (χ0v) is 64.7. The van der Waals surface area contributed by atoms with Crippen LogP contribution in [0.25, 0.3) is 0 Å². The number of nitrogens with one attached hydrogen (secondary N) is 4. The Kier molecular flexibility index (Phi) is 20.6. The van der Waals surface area contributed by atoms with E-state index in [0.29, 0.717) is 149 Å². The second-order valence-electron chi connectivity index (χ2n) is 30.0. The highest BCUT2D eigenvalue weighted by molar-refractivity contribution is 6.06. The highest BCUT2D eigenvalue weighted by Crippen LogP contribution is 2.58. The summed E-state index contributed by atoms with van der Waals surface area (Å²) in [6.45, 7) is 9.37. The topological polar surface area (TPSA) is 247 Å². The van der Waals surface area contributed by atoms with Crippen molar-refractivity contribution in [2.24, 2.45) is 0 Å². The van der Waals surface area contributed by atoms with Crippen molar-refractivity contribution in [2.75, 3.05) is 67.8 Å². The molecule has 0 spiro atoms. The van der Waals surface area contributed by atoms with E-state index < -0.39 is 23.7 Å². The van der Waals surface area contributed by atoms with Crippen molar-refractivity contribution in [3.63, 3.8) is 0 Å². The van der Waals surface area contributed by atoms with Crippen LogP contribution in [0.5, 0.6) is 46.0 Å². The number of hydrogen-bond acceptors (Lipinski definition) is 16. The van der Waals surface area contributed by atoms with Gasteiger partial charge in [0.05, 0.1) is 48.4 Å². The lowest BCUT2D eigenvalue weighted by atomic mass is 9.75. The third-order valence-electron chi connectivity index (χ3n) is 23.2. The molecular formula is C96H88N8O12. The Morgan fingerprint density at radius 1 is 0.284 bits per heavy atom. The van der Waals surface area contributed by atoms with E-state index in [-0.39, 0.29) is 99.7 Å². The van der Waals surface area contributed by atoms with Crippen LogP contribution in [-0.2, 0) is 26.2 Å². The van der Waals surface area contributed by atoms with Gasteiger partial charge in [-0.15, -0.1) is 0 Å². The number of fused-ring (bicyclic) bond motifs is 16. The van der Waals surface area contributed by atoms with Gasteiger partial charge in [0.25, 0.3) is 23.6 Å². The van der Waals surface area contributed by atoms with E-state index >= 15 is 0 Å². The minimum Gasteiger partial charge on any atom is -0.507 e. The molecule has 116 heavy (non-hydrogen) atoms. The minimum atomic E-state index is -0.721. The highest BCUT2D eigenvalue weighted by Gasteiger charge is 2.41. The molecule has 12 aromatic carbocycles. The fourth-order valence-electron chi connectivity index (χ4n) is 17.2. The number of aromatic hydroxyl groups is 4. The van der Waals surface area contributed by atoms with Gasteiger partial charge in [-0.1, -0.05) is 100 Å². The third kappa shape index (κ3) is 14.3. The van der Waals surface area contributed by atoms with Gasteiger partial charge in [0.1, 0.15) is 46.0 Å². The molecule has 1 aliphatic carbocycles. The summed E-state index contributed by atoms with van der Waals surface area (Å²) in [5.74, 6) is -1.60. The zero-order chi connectivity index (χ0) is 79.8. The molecule has 584 valence electrons. The normalized spacial score (nSPS) is 16.4. The van der Waals surface area contributed by atoms with Crippen LogP contribution in [-0.4, -0.2) is 71.0 Å². The van der Waals surface area contributed by atoms with Crippen LogP contribution in [0.2, 0.25) is 0 Å². The van der Waals surface area contributed by atoms with Gasteiger partial charge in [-0.2, -0.15) is 0 Å². The molecule has 2 unspecified atom stereocenters. The number of carbonyl (C=O) groups excluding carboxylic acids is 4. The van der Waals surface area contributed by atoms with Gasteiger partial charge < -0.3 is 80.2 Å². The molecule has 0 aromatic heterocycles. The molecule has 0 fully saturated rings. The summed E-state index contributed by atoms with van der Waals surface area (Å²) in [5.41, 5.74) is 14.8. The quantitative estimate of drug-likeness (QED) is 0.0448. The van der Waals surface area contributed by atoms with E-state index in [1.165, 1.54) is 0 Å². The maximum absolute atomic E-state index is 13.7. The summed E-state index contributed by atoms with van der Waals surface area (Å²) in [4.78, 5) is 61.7. The Hall–Kier alpha value is -13.9. The van der Waals surface area contributed by atoms with Crippen molar-refractivity contribution in [1.29, 1.82) is 0 Å². The van der Waals surface area contributed by atoms with Gasteiger partial charge in [0.15, 0.2) is 26.9 Å². The molecule has 8 N–H and O–H groups in total. The number of phenols is 4. The molecule has 2 atom stereocenters. The molecular weight excluding hydrogens is 1460 g/mol. The van der Waals surface area contributed by atoms with Gasteiger partial charge in [-0.3, -0.25) is 19.2 Å². The largest absolute Gasteiger partial charge is 0.507 e. The Morgan fingerprint density at radius 3 is 0.672 bits per heavy atom. The molecule has 20 nitrogen and oxygen atoms in total. The van der Waals surface area contributed by atoms with E-state index in [1.54, 1.807) is 48.5 Å². The molecule has 20 heteroatoms. The van der Waals surface area contributed by atoms with Crippen LogP contribution in [0, 0.1) is 0 Å². The number of carbonyl (C=O) groups is 4. The van der Waals surface area contributed by atoms with E-state index in [1.807, 2.05) is 209 Å². The maximum Gasteiger partial charge on any atom is 0.255 e. The van der Waals surface area contributed by atoms with Gasteiger partial charge in [-0.25, -0.2) is 0 Å². The Balaban J connectivity index is 0.834. The molecule has 5 aliphatic rings. The number of anilines is 8. The summed E-state index contributed by atoms with van der Waals surface area (Å²) in [6, 6.07) is 74.3. The summed E-state index contributed by atoms with van der Waals surface area (Å²) in [6.07, 6.45) is 1.71. The van der Waals surface area contributed by atoms with Gasteiger partial charge in [0.2, 0.25) is 0 Å². The van der Waals surface area contributed by atoms with Crippen molar-refractivity contribution < 1.29 is 58.6 Å². The van der Waals surface area contributed by atoms with Crippen LogP contribution in [0.15, 0.2) is 243 Å².